The van der Waals surface area contributed by atoms with E-state index in [-0.39, 0.29) is 23.5 Å². The van der Waals surface area contributed by atoms with Crippen LogP contribution in [0.3, 0.4) is 0 Å². The number of ether oxygens (including phenoxy) is 1. The van der Waals surface area contributed by atoms with Crippen molar-refractivity contribution in [2.24, 2.45) is 5.92 Å². The highest BCUT2D eigenvalue weighted by Crippen LogP contribution is 2.28. The lowest BCUT2D eigenvalue weighted by molar-refractivity contribution is -0.121. The van der Waals surface area contributed by atoms with E-state index < -0.39 is 0 Å². The predicted molar refractivity (Wildman–Crippen MR) is 118 cm³/mol. The Morgan fingerprint density at radius 2 is 1.77 bits per heavy atom. The third-order valence-corrected chi connectivity index (χ3v) is 6.12. The molecule has 0 unspecified atom stereocenters. The summed E-state index contributed by atoms with van der Waals surface area (Å²) in [7, 11) is 1.62. The molecule has 6 nitrogen and oxygen atoms in total. The molecule has 2 heterocycles. The molecular weight excluding hydrogens is 417 g/mol. The van der Waals surface area contributed by atoms with Gasteiger partial charge in [0.05, 0.1) is 12.8 Å². The zero-order valence-electron chi connectivity index (χ0n) is 17.0. The van der Waals surface area contributed by atoms with E-state index in [4.69, 9.17) is 4.74 Å². The fourth-order valence-corrected chi connectivity index (χ4v) is 4.28. The molecule has 1 fully saturated rings. The third kappa shape index (κ3) is 4.91. The maximum atomic E-state index is 13.1. The van der Waals surface area contributed by atoms with Crippen LogP contribution in [0.2, 0.25) is 0 Å². The first-order valence-electron chi connectivity index (χ1n) is 9.99. The number of methoxy groups -OCH3 is 1. The van der Waals surface area contributed by atoms with Gasteiger partial charge in [0.25, 0.3) is 5.91 Å². The molecule has 160 valence electrons. The summed E-state index contributed by atoms with van der Waals surface area (Å²) in [5.74, 6) is 0.0130. The first-order chi connectivity index (χ1) is 15.0. The van der Waals surface area contributed by atoms with Crippen molar-refractivity contribution in [2.75, 3.05) is 25.5 Å². The summed E-state index contributed by atoms with van der Waals surface area (Å²) < 4.78 is 18.2. The van der Waals surface area contributed by atoms with Crippen LogP contribution in [0.1, 0.15) is 23.2 Å². The number of nitrogens with zero attached hydrogens (tertiary/aromatic N) is 2. The van der Waals surface area contributed by atoms with E-state index in [1.807, 2.05) is 29.6 Å². The Balaban J connectivity index is 1.31. The van der Waals surface area contributed by atoms with Crippen molar-refractivity contribution in [1.29, 1.82) is 0 Å². The zero-order valence-corrected chi connectivity index (χ0v) is 17.8. The largest absolute Gasteiger partial charge is 0.497 e. The molecule has 1 saturated heterocycles. The fraction of sp³-hybridized carbons (Fsp3) is 0.261. The molecule has 1 aliphatic heterocycles. The van der Waals surface area contributed by atoms with Crippen molar-refractivity contribution < 1.29 is 18.7 Å². The molecular formula is C23H22FN3O3S. The second-order valence-corrected chi connectivity index (χ2v) is 8.19. The Bertz CT molecular complexity index is 1060. The van der Waals surface area contributed by atoms with Crippen molar-refractivity contribution in [3.63, 3.8) is 0 Å². The van der Waals surface area contributed by atoms with Crippen LogP contribution in [0.4, 0.5) is 9.52 Å². The third-order valence-electron chi connectivity index (χ3n) is 5.36. The van der Waals surface area contributed by atoms with Crippen LogP contribution in [-0.4, -0.2) is 41.9 Å². The Hall–Kier alpha value is -3.26. The van der Waals surface area contributed by atoms with Crippen LogP contribution in [0.15, 0.2) is 53.9 Å². The maximum Gasteiger partial charge on any atom is 0.253 e. The molecule has 0 saturated carbocycles. The SMILES string of the molecule is COc1ccc(-c2csc(NC(=O)C3CCN(C(=O)c4ccc(F)cc4)CC3)n2)cc1. The monoisotopic (exact) mass is 439 g/mol. The van der Waals surface area contributed by atoms with Gasteiger partial charge in [-0.15, -0.1) is 11.3 Å². The number of carbonyl (C=O) groups excluding carboxylic acids is 2. The van der Waals surface area contributed by atoms with Gasteiger partial charge in [-0.05, 0) is 61.4 Å². The Morgan fingerprint density at radius 3 is 2.42 bits per heavy atom. The van der Waals surface area contributed by atoms with E-state index in [1.165, 1.54) is 35.6 Å². The number of aromatic nitrogens is 1. The summed E-state index contributed by atoms with van der Waals surface area (Å²) >= 11 is 1.38. The van der Waals surface area contributed by atoms with Crippen LogP contribution in [-0.2, 0) is 4.79 Å². The molecule has 0 bridgehead atoms. The first-order valence-corrected chi connectivity index (χ1v) is 10.9. The number of amides is 2. The Labute approximate surface area is 183 Å². The summed E-state index contributed by atoms with van der Waals surface area (Å²) in [6.07, 6.45) is 1.16. The summed E-state index contributed by atoms with van der Waals surface area (Å²) in [5.41, 5.74) is 2.20. The highest BCUT2D eigenvalue weighted by molar-refractivity contribution is 7.14. The van der Waals surface area contributed by atoms with Gasteiger partial charge in [0.1, 0.15) is 11.6 Å². The van der Waals surface area contributed by atoms with E-state index in [1.54, 1.807) is 12.0 Å². The molecule has 0 atom stereocenters. The molecule has 2 amide bonds. The predicted octanol–water partition coefficient (Wildman–Crippen LogP) is 4.45. The normalized spacial score (nSPS) is 14.3. The van der Waals surface area contributed by atoms with Gasteiger partial charge in [-0.3, -0.25) is 9.59 Å². The number of nitrogens with one attached hydrogen (secondary N) is 1. The van der Waals surface area contributed by atoms with Gasteiger partial charge in [0.2, 0.25) is 5.91 Å². The van der Waals surface area contributed by atoms with E-state index >= 15 is 0 Å². The maximum absolute atomic E-state index is 13.1. The molecule has 1 aromatic heterocycles. The minimum atomic E-state index is -0.371. The molecule has 2 aromatic carbocycles. The number of halogens is 1. The van der Waals surface area contributed by atoms with E-state index in [9.17, 15) is 14.0 Å². The van der Waals surface area contributed by atoms with Gasteiger partial charge < -0.3 is 15.0 Å². The van der Waals surface area contributed by atoms with Gasteiger partial charge >= 0.3 is 0 Å². The van der Waals surface area contributed by atoms with Crippen molar-refractivity contribution in [3.05, 3.63) is 65.3 Å². The Morgan fingerprint density at radius 1 is 1.10 bits per heavy atom. The van der Waals surface area contributed by atoms with Crippen LogP contribution >= 0.6 is 11.3 Å². The summed E-state index contributed by atoms with van der Waals surface area (Å²) in [6.45, 7) is 0.979. The minimum Gasteiger partial charge on any atom is -0.497 e. The van der Waals surface area contributed by atoms with Crippen LogP contribution in [0.25, 0.3) is 11.3 Å². The van der Waals surface area contributed by atoms with Crippen molar-refractivity contribution in [1.82, 2.24) is 9.88 Å². The quantitative estimate of drug-likeness (QED) is 0.638. The van der Waals surface area contributed by atoms with Crippen LogP contribution < -0.4 is 10.1 Å². The van der Waals surface area contributed by atoms with Gasteiger partial charge in [0, 0.05) is 35.5 Å². The average molecular weight is 440 g/mol. The number of benzene rings is 2. The number of hydrogen-bond acceptors (Lipinski definition) is 5. The summed E-state index contributed by atoms with van der Waals surface area (Å²) in [5, 5.41) is 5.37. The molecule has 0 spiro atoms. The number of anilines is 1. The molecule has 0 aliphatic carbocycles. The number of thiazole rings is 1. The first kappa shape index (κ1) is 21.0. The second kappa shape index (κ2) is 9.26. The summed E-state index contributed by atoms with van der Waals surface area (Å²) in [4.78, 5) is 31.4. The van der Waals surface area contributed by atoms with Crippen molar-refractivity contribution in [2.45, 2.75) is 12.8 Å². The number of hydrogen-bond donors (Lipinski definition) is 1. The second-order valence-electron chi connectivity index (χ2n) is 7.33. The molecule has 4 rings (SSSR count). The standard InChI is InChI=1S/C23H22FN3O3S/c1-30-19-8-4-15(5-9-19)20-14-31-23(25-20)26-21(28)16-10-12-27(13-11-16)22(29)17-2-6-18(24)7-3-17/h2-9,14,16H,10-13H2,1H3,(H,25,26,28). The van der Waals surface area contributed by atoms with Gasteiger partial charge in [-0.25, -0.2) is 9.37 Å². The van der Waals surface area contributed by atoms with Gasteiger partial charge in [0.15, 0.2) is 5.13 Å². The average Bonchev–Trinajstić information content (AvgIpc) is 3.27. The van der Waals surface area contributed by atoms with Crippen LogP contribution in [0.5, 0.6) is 5.75 Å². The van der Waals surface area contributed by atoms with Crippen LogP contribution in [0, 0.1) is 11.7 Å². The van der Waals surface area contributed by atoms with E-state index in [2.05, 4.69) is 10.3 Å². The van der Waals surface area contributed by atoms with E-state index in [0.717, 1.165) is 17.0 Å². The number of rotatable bonds is 5. The molecule has 1 N–H and O–H groups in total. The minimum absolute atomic E-state index is 0.0792. The smallest absolute Gasteiger partial charge is 0.253 e. The molecule has 8 heteroatoms. The van der Waals surface area contributed by atoms with Gasteiger partial charge in [-0.2, -0.15) is 0 Å². The zero-order chi connectivity index (χ0) is 21.8. The number of likely N-dealkylation sites (tertiary alicyclic amines) is 1. The lowest BCUT2D eigenvalue weighted by Crippen LogP contribution is -2.41. The van der Waals surface area contributed by atoms with E-state index in [0.29, 0.717) is 36.6 Å². The van der Waals surface area contributed by atoms with Gasteiger partial charge in [-0.1, -0.05) is 0 Å². The van der Waals surface area contributed by atoms with Crippen molar-refractivity contribution >= 4 is 28.3 Å². The molecule has 3 aromatic rings. The molecule has 0 radical (unpaired) electrons. The Kier molecular flexibility index (Phi) is 6.27. The topological polar surface area (TPSA) is 71.5 Å². The molecule has 31 heavy (non-hydrogen) atoms. The van der Waals surface area contributed by atoms with Crippen molar-refractivity contribution in [3.8, 4) is 17.0 Å². The number of carbonyl (C=O) groups is 2. The highest BCUT2D eigenvalue weighted by atomic mass is 32.1. The fourth-order valence-electron chi connectivity index (χ4n) is 3.55. The highest BCUT2D eigenvalue weighted by Gasteiger charge is 2.28. The number of piperidine rings is 1. The lowest BCUT2D eigenvalue weighted by atomic mass is 9.95. The lowest BCUT2D eigenvalue weighted by Gasteiger charge is -2.31. The molecule has 1 aliphatic rings. The summed E-state index contributed by atoms with van der Waals surface area (Å²) in [6, 6.07) is 13.1.